The zero-order valence-corrected chi connectivity index (χ0v) is 33.0. The van der Waals surface area contributed by atoms with Gasteiger partial charge < -0.3 is 18.6 Å². The normalized spacial score (nSPS) is 22.5. The van der Waals surface area contributed by atoms with Crippen LogP contribution < -0.4 is 21.2 Å². The standard InChI is InChI=1S/C43H47N5O6Si/c1-27(2)38(49)46-41-45-37-34(39(50)47-41)44-26-48(37)40-35-36(51-24-29-21-22-30-15-13-14-16-31(30)23-29)43(54-40,28(3)53-35)25-52-55(42(4,5)6,32-17-9-7-10-18-32)33-19-11-8-12-20-33/h7-23,26-28,35-36,40H,24-25H2,1-6H3,(H2,45,46,47,49,50)/t28?,35-,36+,40-,43+/m1/s1. The number of rotatable bonds is 11. The highest BCUT2D eigenvalue weighted by molar-refractivity contribution is 6.99. The molecule has 6 aromatic rings. The largest absolute Gasteiger partial charge is 0.404 e. The number of ether oxygens (including phenoxy) is 3. The van der Waals surface area contributed by atoms with E-state index in [1.165, 1.54) is 6.33 Å². The maximum Gasteiger partial charge on any atom is 0.280 e. The number of imidazole rings is 1. The smallest absolute Gasteiger partial charge is 0.280 e. The molecule has 2 aliphatic heterocycles. The Labute approximate surface area is 321 Å². The van der Waals surface area contributed by atoms with Crippen LogP contribution in [0.1, 0.15) is 53.3 Å². The van der Waals surface area contributed by atoms with Gasteiger partial charge in [-0.3, -0.25) is 24.5 Å². The van der Waals surface area contributed by atoms with E-state index in [0.717, 1.165) is 26.7 Å². The van der Waals surface area contributed by atoms with Gasteiger partial charge in [-0.2, -0.15) is 4.98 Å². The highest BCUT2D eigenvalue weighted by Crippen LogP contribution is 2.52. The summed E-state index contributed by atoms with van der Waals surface area (Å²) in [4.78, 5) is 37.5. The Kier molecular flexibility index (Phi) is 9.59. The first kappa shape index (κ1) is 37.0. The van der Waals surface area contributed by atoms with E-state index in [1.807, 2.05) is 31.2 Å². The van der Waals surface area contributed by atoms with Crippen LogP contribution in [0.3, 0.4) is 0 Å². The summed E-state index contributed by atoms with van der Waals surface area (Å²) in [6.07, 6.45) is -0.825. The van der Waals surface area contributed by atoms with Crippen LogP contribution in [0.5, 0.6) is 0 Å². The zero-order valence-electron chi connectivity index (χ0n) is 32.0. The summed E-state index contributed by atoms with van der Waals surface area (Å²) in [5.41, 5.74) is -0.148. The number of aromatic nitrogens is 4. The molecule has 2 saturated heterocycles. The highest BCUT2D eigenvalue weighted by Gasteiger charge is 2.68. The number of hydrogen-bond acceptors (Lipinski definition) is 8. The molecule has 0 radical (unpaired) electrons. The molecule has 5 atom stereocenters. The average molecular weight is 758 g/mol. The van der Waals surface area contributed by atoms with Crippen molar-refractivity contribution in [2.45, 2.75) is 83.3 Å². The van der Waals surface area contributed by atoms with Gasteiger partial charge in [-0.15, -0.1) is 0 Å². The molecular formula is C43H47N5O6Si. The quantitative estimate of drug-likeness (QED) is 0.152. The van der Waals surface area contributed by atoms with Gasteiger partial charge in [0.2, 0.25) is 11.9 Å². The molecule has 2 N–H and O–H groups in total. The van der Waals surface area contributed by atoms with Gasteiger partial charge in [-0.05, 0) is 44.7 Å². The van der Waals surface area contributed by atoms with Crippen molar-refractivity contribution in [3.8, 4) is 0 Å². The van der Waals surface area contributed by atoms with Gasteiger partial charge in [0.05, 0.1) is 25.6 Å². The van der Waals surface area contributed by atoms with Crippen LogP contribution >= 0.6 is 0 Å². The summed E-state index contributed by atoms with van der Waals surface area (Å²) in [6.45, 7) is 12.8. The fourth-order valence-electron chi connectivity index (χ4n) is 8.22. The lowest BCUT2D eigenvalue weighted by molar-refractivity contribution is -0.216. The number of carbonyl (C=O) groups is 1. The minimum Gasteiger partial charge on any atom is -0.404 e. The molecule has 55 heavy (non-hydrogen) atoms. The molecule has 1 unspecified atom stereocenters. The molecule has 8 rings (SSSR count). The number of aromatic amines is 1. The zero-order chi connectivity index (χ0) is 38.5. The van der Waals surface area contributed by atoms with Crippen molar-refractivity contribution in [3.63, 3.8) is 0 Å². The van der Waals surface area contributed by atoms with E-state index in [2.05, 4.69) is 120 Å². The van der Waals surface area contributed by atoms with Crippen molar-refractivity contribution in [2.75, 3.05) is 11.9 Å². The molecule has 2 bridgehead atoms. The number of nitrogens with zero attached hydrogens (tertiary/aromatic N) is 3. The van der Waals surface area contributed by atoms with Gasteiger partial charge >= 0.3 is 0 Å². The fraction of sp³-hybridized carbons (Fsp3) is 0.349. The third kappa shape index (κ3) is 6.41. The number of carbonyl (C=O) groups excluding carboxylic acids is 1. The first-order valence-electron chi connectivity index (χ1n) is 18.9. The van der Waals surface area contributed by atoms with Crippen molar-refractivity contribution >= 4 is 52.5 Å². The molecule has 2 aliphatic rings. The third-order valence-corrected chi connectivity index (χ3v) is 16.1. The number of hydrogen-bond donors (Lipinski definition) is 2. The van der Waals surface area contributed by atoms with Gasteiger partial charge in [-0.1, -0.05) is 132 Å². The molecule has 0 spiro atoms. The molecule has 2 fully saturated rings. The molecule has 4 aromatic carbocycles. The topological polar surface area (TPSA) is 130 Å². The Morgan fingerprint density at radius 1 is 0.964 bits per heavy atom. The lowest BCUT2D eigenvalue weighted by atomic mass is 9.94. The first-order chi connectivity index (χ1) is 26.4. The molecule has 12 heteroatoms. The molecule has 0 aliphatic carbocycles. The lowest BCUT2D eigenvalue weighted by Crippen LogP contribution is -2.68. The highest BCUT2D eigenvalue weighted by atomic mass is 28.4. The summed E-state index contributed by atoms with van der Waals surface area (Å²) in [6, 6.07) is 35.6. The molecule has 1 amide bonds. The second kappa shape index (κ2) is 14.3. The average Bonchev–Trinajstić information content (AvgIpc) is 3.82. The Morgan fingerprint density at radius 2 is 1.62 bits per heavy atom. The molecule has 11 nitrogen and oxygen atoms in total. The van der Waals surface area contributed by atoms with Crippen molar-refractivity contribution < 1.29 is 23.4 Å². The molecule has 284 valence electrons. The van der Waals surface area contributed by atoms with Crippen molar-refractivity contribution in [1.82, 2.24) is 19.5 Å². The molecular weight excluding hydrogens is 711 g/mol. The lowest BCUT2D eigenvalue weighted by Gasteiger charge is -2.46. The van der Waals surface area contributed by atoms with Crippen LogP contribution in [0.4, 0.5) is 5.95 Å². The Bertz CT molecular complexity index is 2350. The van der Waals surface area contributed by atoms with Crippen molar-refractivity contribution in [1.29, 1.82) is 0 Å². The Morgan fingerprint density at radius 3 is 2.27 bits per heavy atom. The Hall–Kier alpha value is -4.98. The molecule has 4 heterocycles. The van der Waals surface area contributed by atoms with E-state index in [9.17, 15) is 9.59 Å². The second-order valence-corrected chi connectivity index (χ2v) is 20.3. The predicted molar refractivity (Wildman–Crippen MR) is 215 cm³/mol. The SMILES string of the molecule is CC(C)C(=O)Nc1nc2c(ncn2[C@@H]2O[C@@]3(CO[Si](c4ccccc4)(c4ccccc4)C(C)(C)C)C(C)O[C@@H]2[C@@H]3OCc2ccc3ccccc3c2)c(=O)[nH]1. The van der Waals surface area contributed by atoms with E-state index in [4.69, 9.17) is 18.6 Å². The van der Waals surface area contributed by atoms with Crippen LogP contribution in [-0.2, 0) is 30.0 Å². The van der Waals surface area contributed by atoms with Gasteiger partial charge in [0.1, 0.15) is 17.8 Å². The maximum absolute atomic E-state index is 13.2. The third-order valence-electron chi connectivity index (χ3n) is 11.1. The monoisotopic (exact) mass is 757 g/mol. The van der Waals surface area contributed by atoms with E-state index < -0.39 is 44.0 Å². The van der Waals surface area contributed by atoms with Crippen LogP contribution in [0.15, 0.2) is 114 Å². The Balaban J connectivity index is 1.21. The minimum absolute atomic E-state index is 0.0317. The van der Waals surface area contributed by atoms with E-state index in [1.54, 1.807) is 18.4 Å². The number of benzene rings is 4. The van der Waals surface area contributed by atoms with Crippen LogP contribution in [0.2, 0.25) is 5.04 Å². The maximum atomic E-state index is 13.2. The number of nitrogens with one attached hydrogen (secondary N) is 2. The number of anilines is 1. The summed E-state index contributed by atoms with van der Waals surface area (Å²) in [7, 11) is -3.02. The van der Waals surface area contributed by atoms with Gasteiger partial charge in [0, 0.05) is 5.92 Å². The number of fused-ring (bicyclic) bond motifs is 4. The summed E-state index contributed by atoms with van der Waals surface area (Å²) >= 11 is 0. The summed E-state index contributed by atoms with van der Waals surface area (Å²) in [5.74, 6) is -0.557. The number of amides is 1. The van der Waals surface area contributed by atoms with Crippen LogP contribution in [0, 0.1) is 5.92 Å². The van der Waals surface area contributed by atoms with Gasteiger partial charge in [0.15, 0.2) is 17.4 Å². The summed E-state index contributed by atoms with van der Waals surface area (Å²) < 4.78 is 30.2. The fourth-order valence-corrected chi connectivity index (χ4v) is 12.8. The van der Waals surface area contributed by atoms with E-state index >= 15 is 0 Å². The van der Waals surface area contributed by atoms with Crippen LogP contribution in [-0.4, -0.2) is 64.3 Å². The van der Waals surface area contributed by atoms with E-state index in [0.29, 0.717) is 6.61 Å². The molecule has 0 saturated carbocycles. The van der Waals surface area contributed by atoms with Crippen LogP contribution in [0.25, 0.3) is 21.9 Å². The second-order valence-electron chi connectivity index (χ2n) is 16.0. The molecule has 2 aromatic heterocycles. The van der Waals surface area contributed by atoms with Crippen molar-refractivity contribution in [2.24, 2.45) is 5.92 Å². The minimum atomic E-state index is -3.02. The first-order valence-corrected chi connectivity index (χ1v) is 20.8. The van der Waals surface area contributed by atoms with E-state index in [-0.39, 0.29) is 40.6 Å². The number of H-pyrrole nitrogens is 1. The van der Waals surface area contributed by atoms with Gasteiger partial charge in [0.25, 0.3) is 13.9 Å². The summed E-state index contributed by atoms with van der Waals surface area (Å²) in [5, 5.41) is 7.01. The predicted octanol–water partition coefficient (Wildman–Crippen LogP) is 6.08. The van der Waals surface area contributed by atoms with Crippen molar-refractivity contribution in [3.05, 3.63) is 125 Å². The van der Waals surface area contributed by atoms with Gasteiger partial charge in [-0.25, -0.2) is 4.98 Å².